The van der Waals surface area contributed by atoms with Crippen molar-refractivity contribution >= 4 is 16.9 Å². The van der Waals surface area contributed by atoms with Crippen LogP contribution in [0.3, 0.4) is 0 Å². The van der Waals surface area contributed by atoms with Crippen molar-refractivity contribution in [3.8, 4) is 0 Å². The molecule has 0 radical (unpaired) electrons. The third-order valence-electron chi connectivity index (χ3n) is 7.87. The Morgan fingerprint density at radius 2 is 1.05 bits per heavy atom. The lowest BCUT2D eigenvalue weighted by Crippen LogP contribution is -1.98. The Morgan fingerprint density at radius 3 is 1.50 bits per heavy atom. The van der Waals surface area contributed by atoms with Gasteiger partial charge in [-0.25, -0.2) is 4.79 Å². The molecule has 0 unspecified atom stereocenters. The highest BCUT2D eigenvalue weighted by atomic mass is 16.4. The number of hydrogen-bond acceptors (Lipinski definition) is 3. The highest BCUT2D eigenvalue weighted by Crippen LogP contribution is 2.20. The fourth-order valence-corrected chi connectivity index (χ4v) is 5.49. The van der Waals surface area contributed by atoms with E-state index in [4.69, 9.17) is 9.52 Å². The lowest BCUT2D eigenvalue weighted by atomic mass is 10.0. The topological polar surface area (TPSA) is 67.5 Å². The van der Waals surface area contributed by atoms with Crippen LogP contribution in [0, 0.1) is 6.92 Å². The zero-order valence-corrected chi connectivity index (χ0v) is 24.2. The molecule has 0 amide bonds. The molecule has 0 spiro atoms. The summed E-state index contributed by atoms with van der Waals surface area (Å²) in [6.45, 7) is 1.96. The van der Waals surface area contributed by atoms with Crippen molar-refractivity contribution in [3.63, 3.8) is 0 Å². The lowest BCUT2D eigenvalue weighted by molar-refractivity contribution is -0.137. The van der Waals surface area contributed by atoms with E-state index < -0.39 is 5.97 Å². The maximum absolute atomic E-state index is 11.6. The SMILES string of the molecule is Cc1cc(=O)oc2cc(CCCCCCCCCCCCCCCCCCCCCCCC(=O)O)ccc12. The van der Waals surface area contributed by atoms with Gasteiger partial charge in [-0.1, -0.05) is 134 Å². The number of fused-ring (bicyclic) bond motifs is 1. The van der Waals surface area contributed by atoms with Crippen molar-refractivity contribution in [2.75, 3.05) is 0 Å². The van der Waals surface area contributed by atoms with Crippen LogP contribution in [0.5, 0.6) is 0 Å². The molecule has 1 N–H and O–H groups in total. The second-order valence-corrected chi connectivity index (χ2v) is 11.4. The highest BCUT2D eigenvalue weighted by molar-refractivity contribution is 5.80. The first kappa shape index (κ1) is 32.1. The standard InChI is InChI=1S/C34H54O4/c1-29-27-34(37)38-32-28-30(25-26-31(29)32)23-21-19-17-15-13-11-9-7-5-3-2-4-6-8-10-12-14-16-18-20-22-24-33(35)36/h25-28H,2-24H2,1H3,(H,35,36). The van der Waals surface area contributed by atoms with Crippen molar-refractivity contribution in [1.82, 2.24) is 0 Å². The molecule has 4 nitrogen and oxygen atoms in total. The first-order chi connectivity index (χ1) is 18.6. The van der Waals surface area contributed by atoms with E-state index in [9.17, 15) is 9.59 Å². The van der Waals surface area contributed by atoms with Gasteiger partial charge in [0.2, 0.25) is 0 Å². The molecule has 0 fully saturated rings. The Labute approximate surface area is 231 Å². The monoisotopic (exact) mass is 526 g/mol. The summed E-state index contributed by atoms with van der Waals surface area (Å²) in [5.74, 6) is -0.660. The summed E-state index contributed by atoms with van der Waals surface area (Å²) in [4.78, 5) is 22.1. The van der Waals surface area contributed by atoms with Gasteiger partial charge in [-0.3, -0.25) is 4.79 Å². The zero-order valence-electron chi connectivity index (χ0n) is 24.2. The number of unbranched alkanes of at least 4 members (excludes halogenated alkanes) is 20. The molecule has 1 heterocycles. The summed E-state index contributed by atoms with van der Waals surface area (Å²) in [6, 6.07) is 7.87. The molecule has 214 valence electrons. The van der Waals surface area contributed by atoms with Crippen molar-refractivity contribution in [2.24, 2.45) is 0 Å². The van der Waals surface area contributed by atoms with E-state index >= 15 is 0 Å². The van der Waals surface area contributed by atoms with E-state index in [-0.39, 0.29) is 5.63 Å². The minimum Gasteiger partial charge on any atom is -0.481 e. The molecule has 0 aliphatic rings. The van der Waals surface area contributed by atoms with Gasteiger partial charge in [0.25, 0.3) is 0 Å². The summed E-state index contributed by atoms with van der Waals surface area (Å²) < 4.78 is 5.37. The van der Waals surface area contributed by atoms with Crippen LogP contribution >= 0.6 is 0 Å². The average Bonchev–Trinajstić information content (AvgIpc) is 2.88. The Balaban J connectivity index is 1.29. The lowest BCUT2D eigenvalue weighted by Gasteiger charge is -2.05. The van der Waals surface area contributed by atoms with Crippen LogP contribution in [0.1, 0.15) is 152 Å². The fraction of sp³-hybridized carbons (Fsp3) is 0.706. The van der Waals surface area contributed by atoms with E-state index in [0.29, 0.717) is 6.42 Å². The number of carboxylic acid groups (broad SMARTS) is 1. The van der Waals surface area contributed by atoms with Gasteiger partial charge >= 0.3 is 11.6 Å². The van der Waals surface area contributed by atoms with Crippen LogP contribution in [-0.4, -0.2) is 11.1 Å². The molecule has 38 heavy (non-hydrogen) atoms. The number of aryl methyl sites for hydroxylation is 2. The van der Waals surface area contributed by atoms with Crippen LogP contribution in [0.15, 0.2) is 33.5 Å². The largest absolute Gasteiger partial charge is 0.481 e. The Morgan fingerprint density at radius 1 is 0.632 bits per heavy atom. The molecule has 2 aromatic rings. The highest BCUT2D eigenvalue weighted by Gasteiger charge is 2.04. The molecular formula is C34H54O4. The van der Waals surface area contributed by atoms with E-state index in [0.717, 1.165) is 35.8 Å². The zero-order chi connectivity index (χ0) is 27.3. The maximum atomic E-state index is 11.6. The third kappa shape index (κ3) is 15.3. The first-order valence-electron chi connectivity index (χ1n) is 15.8. The minimum absolute atomic E-state index is 0.259. The van der Waals surface area contributed by atoms with E-state index in [2.05, 4.69) is 12.1 Å². The fourth-order valence-electron chi connectivity index (χ4n) is 5.49. The van der Waals surface area contributed by atoms with Crippen LogP contribution < -0.4 is 5.63 Å². The molecule has 0 atom stereocenters. The normalized spacial score (nSPS) is 11.4. The van der Waals surface area contributed by atoms with Crippen LogP contribution in [0.25, 0.3) is 11.0 Å². The van der Waals surface area contributed by atoms with Crippen LogP contribution in [0.2, 0.25) is 0 Å². The summed E-state index contributed by atoms with van der Waals surface area (Å²) >= 11 is 0. The third-order valence-corrected chi connectivity index (χ3v) is 7.87. The predicted octanol–water partition coefficient (Wildman–Crippen LogP) is 10.3. The molecule has 0 saturated heterocycles. The number of aliphatic carboxylic acids is 1. The van der Waals surface area contributed by atoms with E-state index in [1.165, 1.54) is 128 Å². The van der Waals surface area contributed by atoms with Gasteiger partial charge < -0.3 is 9.52 Å². The first-order valence-corrected chi connectivity index (χ1v) is 15.8. The van der Waals surface area contributed by atoms with E-state index in [1.54, 1.807) is 6.07 Å². The van der Waals surface area contributed by atoms with Gasteiger partial charge in [0.15, 0.2) is 0 Å². The maximum Gasteiger partial charge on any atom is 0.336 e. The smallest absolute Gasteiger partial charge is 0.336 e. The molecular weight excluding hydrogens is 472 g/mol. The molecule has 0 bridgehead atoms. The number of rotatable bonds is 24. The number of carboxylic acids is 1. The summed E-state index contributed by atoms with van der Waals surface area (Å²) in [5, 5.41) is 9.66. The second-order valence-electron chi connectivity index (χ2n) is 11.4. The summed E-state index contributed by atoms with van der Waals surface area (Å²) in [7, 11) is 0. The minimum atomic E-state index is -0.660. The molecule has 1 aromatic carbocycles. The summed E-state index contributed by atoms with van der Waals surface area (Å²) in [6.07, 6.45) is 29.0. The van der Waals surface area contributed by atoms with Crippen molar-refractivity contribution in [2.45, 2.75) is 155 Å². The number of hydrogen-bond donors (Lipinski definition) is 1. The second kappa shape index (κ2) is 20.8. The number of carbonyl (C=O) groups is 1. The van der Waals surface area contributed by atoms with Crippen molar-refractivity contribution in [3.05, 3.63) is 45.8 Å². The molecule has 0 aliphatic heterocycles. The van der Waals surface area contributed by atoms with Gasteiger partial charge in [-0.2, -0.15) is 0 Å². The van der Waals surface area contributed by atoms with Crippen molar-refractivity contribution in [1.29, 1.82) is 0 Å². The van der Waals surface area contributed by atoms with E-state index in [1.807, 2.05) is 13.0 Å². The molecule has 2 rings (SSSR count). The Hall–Kier alpha value is -2.10. The van der Waals surface area contributed by atoms with Crippen LogP contribution in [0.4, 0.5) is 0 Å². The van der Waals surface area contributed by atoms with Gasteiger partial charge in [0.05, 0.1) is 0 Å². The van der Waals surface area contributed by atoms with Gasteiger partial charge in [0, 0.05) is 17.9 Å². The van der Waals surface area contributed by atoms with Crippen LogP contribution in [-0.2, 0) is 11.2 Å². The van der Waals surface area contributed by atoms with Gasteiger partial charge in [0.1, 0.15) is 5.58 Å². The molecule has 1 aromatic heterocycles. The Kier molecular flexibility index (Phi) is 17.6. The quantitative estimate of drug-likeness (QED) is 0.109. The molecule has 0 aliphatic carbocycles. The Bertz CT molecular complexity index is 945. The van der Waals surface area contributed by atoms with Crippen molar-refractivity contribution < 1.29 is 14.3 Å². The van der Waals surface area contributed by atoms with Gasteiger partial charge in [-0.05, 0) is 43.4 Å². The number of benzene rings is 1. The average molecular weight is 527 g/mol. The molecule has 0 saturated carbocycles. The summed E-state index contributed by atoms with van der Waals surface area (Å²) in [5.41, 5.74) is 2.72. The predicted molar refractivity (Wildman–Crippen MR) is 160 cm³/mol. The van der Waals surface area contributed by atoms with Gasteiger partial charge in [-0.15, -0.1) is 0 Å². The molecule has 4 heteroatoms.